The van der Waals surface area contributed by atoms with E-state index >= 15 is 0 Å². The zero-order valence-corrected chi connectivity index (χ0v) is 15.3. The van der Waals surface area contributed by atoms with Crippen LogP contribution in [0.4, 0.5) is 0 Å². The van der Waals surface area contributed by atoms with E-state index in [2.05, 4.69) is 0 Å². The molecular weight excluding hydrogens is 374 g/mol. The van der Waals surface area contributed by atoms with Gasteiger partial charge in [0, 0.05) is 27.9 Å². The summed E-state index contributed by atoms with van der Waals surface area (Å²) < 4.78 is 6.94. The molecule has 2 heterocycles. The van der Waals surface area contributed by atoms with E-state index in [9.17, 15) is 24.6 Å². The number of benzene rings is 1. The van der Waals surface area contributed by atoms with Gasteiger partial charge in [0.15, 0.2) is 0 Å². The summed E-state index contributed by atoms with van der Waals surface area (Å²) in [6.07, 6.45) is -0.440. The van der Waals surface area contributed by atoms with Crippen LogP contribution in [-0.2, 0) is 16.0 Å². The van der Waals surface area contributed by atoms with Crippen molar-refractivity contribution in [2.75, 3.05) is 0 Å². The Balaban J connectivity index is 2.37. The van der Waals surface area contributed by atoms with Crippen LogP contribution in [0.1, 0.15) is 24.2 Å². The number of aromatic nitrogens is 1. The molecule has 0 aliphatic heterocycles. The third-order valence-electron chi connectivity index (χ3n) is 4.37. The van der Waals surface area contributed by atoms with Crippen LogP contribution >= 0.6 is 11.6 Å². The molecule has 0 fully saturated rings. The highest BCUT2D eigenvalue weighted by atomic mass is 35.5. The van der Waals surface area contributed by atoms with Gasteiger partial charge < -0.3 is 14.6 Å². The van der Waals surface area contributed by atoms with Crippen molar-refractivity contribution in [1.29, 1.82) is 0 Å². The second kappa shape index (κ2) is 6.92. The zero-order chi connectivity index (χ0) is 19.9. The molecule has 3 aromatic rings. The lowest BCUT2D eigenvalue weighted by Crippen LogP contribution is -2.30. The molecular formula is C19H16ClNO6. The van der Waals surface area contributed by atoms with Gasteiger partial charge in [-0.05, 0) is 38.1 Å². The fourth-order valence-electron chi connectivity index (χ4n) is 3.11. The highest BCUT2D eigenvalue weighted by molar-refractivity contribution is 6.30. The molecule has 0 radical (unpaired) electrons. The Hall–Kier alpha value is -3.06. The van der Waals surface area contributed by atoms with E-state index in [4.69, 9.17) is 16.0 Å². The molecule has 0 saturated carbocycles. The first-order valence-electron chi connectivity index (χ1n) is 8.08. The van der Waals surface area contributed by atoms with Crippen molar-refractivity contribution in [2.45, 2.75) is 26.3 Å². The Kier molecular flexibility index (Phi) is 4.80. The summed E-state index contributed by atoms with van der Waals surface area (Å²) in [6.45, 7) is 2.99. The van der Waals surface area contributed by atoms with Gasteiger partial charge in [-0.2, -0.15) is 0 Å². The summed E-state index contributed by atoms with van der Waals surface area (Å²) in [7, 11) is 0. The normalized spacial score (nSPS) is 12.3. The minimum absolute atomic E-state index is 0.0704. The van der Waals surface area contributed by atoms with E-state index in [1.165, 1.54) is 6.92 Å². The molecule has 0 spiro atoms. The molecule has 2 N–H and O–H groups in total. The van der Waals surface area contributed by atoms with Gasteiger partial charge in [-0.15, -0.1) is 0 Å². The molecule has 2 aromatic heterocycles. The number of hydrogen-bond donors (Lipinski definition) is 2. The number of pyridine rings is 1. The molecule has 0 aliphatic rings. The number of carbonyl (C=O) groups is 2. The van der Waals surface area contributed by atoms with E-state index in [0.29, 0.717) is 16.3 Å². The van der Waals surface area contributed by atoms with Crippen LogP contribution < -0.4 is 5.56 Å². The molecule has 0 saturated heterocycles. The Morgan fingerprint density at radius 1 is 1.22 bits per heavy atom. The first kappa shape index (κ1) is 18.7. The number of hydrogen-bond acceptors (Lipinski definition) is 4. The molecule has 8 heteroatoms. The zero-order valence-electron chi connectivity index (χ0n) is 14.5. The molecule has 1 aromatic carbocycles. The van der Waals surface area contributed by atoms with Gasteiger partial charge >= 0.3 is 11.9 Å². The third kappa shape index (κ3) is 3.33. The Labute approximate surface area is 158 Å². The van der Waals surface area contributed by atoms with Crippen LogP contribution in [0, 0.1) is 6.92 Å². The van der Waals surface area contributed by atoms with Gasteiger partial charge in [0.1, 0.15) is 17.4 Å². The fraction of sp³-hybridized carbons (Fsp3) is 0.211. The van der Waals surface area contributed by atoms with Crippen molar-refractivity contribution in [3.05, 3.63) is 57.0 Å². The monoisotopic (exact) mass is 389 g/mol. The maximum Gasteiger partial charge on any atom is 0.326 e. The number of nitrogens with zero attached hydrogens (tertiary/aromatic N) is 1. The van der Waals surface area contributed by atoms with Gasteiger partial charge in [-0.1, -0.05) is 11.6 Å². The van der Waals surface area contributed by atoms with Crippen molar-refractivity contribution in [3.8, 4) is 11.3 Å². The highest BCUT2D eigenvalue weighted by Gasteiger charge is 2.25. The number of aliphatic carboxylic acids is 2. The molecule has 1 atom stereocenters. The number of carboxylic acids is 2. The summed E-state index contributed by atoms with van der Waals surface area (Å²) >= 11 is 5.90. The van der Waals surface area contributed by atoms with E-state index in [1.54, 1.807) is 37.3 Å². The van der Waals surface area contributed by atoms with Crippen LogP contribution in [-0.4, -0.2) is 26.7 Å². The maximum atomic E-state index is 13.0. The maximum absolute atomic E-state index is 13.0. The van der Waals surface area contributed by atoms with Crippen molar-refractivity contribution in [1.82, 2.24) is 4.57 Å². The van der Waals surface area contributed by atoms with Crippen molar-refractivity contribution >= 4 is 34.5 Å². The number of fused-ring (bicyclic) bond motifs is 1. The largest absolute Gasteiger partial charge is 0.481 e. The number of aryl methyl sites for hydroxylation is 1. The summed E-state index contributed by atoms with van der Waals surface area (Å²) in [5, 5.41) is 19.2. The van der Waals surface area contributed by atoms with Gasteiger partial charge in [-0.25, -0.2) is 4.79 Å². The molecule has 140 valence electrons. The molecule has 0 unspecified atom stereocenters. The first-order chi connectivity index (χ1) is 12.7. The lowest BCUT2D eigenvalue weighted by atomic mass is 10.0. The van der Waals surface area contributed by atoms with Crippen LogP contribution in [0.3, 0.4) is 0 Å². The van der Waals surface area contributed by atoms with E-state index in [-0.39, 0.29) is 22.3 Å². The quantitative estimate of drug-likeness (QED) is 0.691. The van der Waals surface area contributed by atoms with E-state index < -0.39 is 30.0 Å². The number of carboxylic acid groups (broad SMARTS) is 2. The van der Waals surface area contributed by atoms with Crippen molar-refractivity contribution < 1.29 is 24.2 Å². The lowest BCUT2D eigenvalue weighted by molar-refractivity contribution is -0.140. The Bertz CT molecular complexity index is 1110. The molecule has 3 rings (SSSR count). The molecule has 0 aliphatic carbocycles. The molecule has 7 nitrogen and oxygen atoms in total. The minimum atomic E-state index is -1.17. The van der Waals surface area contributed by atoms with Crippen molar-refractivity contribution in [3.63, 3.8) is 0 Å². The van der Waals surface area contributed by atoms with E-state index in [1.807, 2.05) is 0 Å². The summed E-state index contributed by atoms with van der Waals surface area (Å²) in [4.78, 5) is 35.8. The average Bonchev–Trinajstić information content (AvgIpc) is 2.92. The Morgan fingerprint density at radius 3 is 2.41 bits per heavy atom. The predicted molar refractivity (Wildman–Crippen MR) is 99.3 cm³/mol. The number of halogens is 1. The standard InChI is InChI=1S/C19H16ClNO6/c1-9-7-14-16(18(24)21(9)10(2)19(25)26)13(8-15(22)23)17(27-14)11-3-5-12(20)6-4-11/h3-7,10H,8H2,1-2H3,(H,22,23)(H,25,26)/t10-/m0/s1. The average molecular weight is 390 g/mol. The lowest BCUT2D eigenvalue weighted by Gasteiger charge is -2.14. The van der Waals surface area contributed by atoms with Gasteiger partial charge in [0.2, 0.25) is 0 Å². The van der Waals surface area contributed by atoms with Crippen molar-refractivity contribution in [2.24, 2.45) is 0 Å². The van der Waals surface area contributed by atoms with E-state index in [0.717, 1.165) is 4.57 Å². The topological polar surface area (TPSA) is 110 Å². The molecule has 27 heavy (non-hydrogen) atoms. The van der Waals surface area contributed by atoms with Crippen LogP contribution in [0.5, 0.6) is 0 Å². The second-order valence-electron chi connectivity index (χ2n) is 6.20. The fourth-order valence-corrected chi connectivity index (χ4v) is 3.23. The summed E-state index contributed by atoms with van der Waals surface area (Å²) in [6, 6.07) is 7.03. The second-order valence-corrected chi connectivity index (χ2v) is 6.64. The predicted octanol–water partition coefficient (Wildman–Crippen LogP) is 3.50. The third-order valence-corrected chi connectivity index (χ3v) is 4.62. The van der Waals surface area contributed by atoms with Crippen LogP contribution in [0.2, 0.25) is 5.02 Å². The SMILES string of the molecule is Cc1cc2oc(-c3ccc(Cl)cc3)c(CC(=O)O)c2c(=O)n1[C@@H](C)C(=O)O. The van der Waals surface area contributed by atoms with Gasteiger partial charge in [0.25, 0.3) is 5.56 Å². The van der Waals surface area contributed by atoms with Gasteiger partial charge in [0.05, 0.1) is 11.8 Å². The number of rotatable bonds is 5. The Morgan fingerprint density at radius 2 is 1.85 bits per heavy atom. The highest BCUT2D eigenvalue weighted by Crippen LogP contribution is 2.34. The van der Waals surface area contributed by atoms with Gasteiger partial charge in [-0.3, -0.25) is 14.2 Å². The first-order valence-corrected chi connectivity index (χ1v) is 8.46. The van der Waals surface area contributed by atoms with Crippen LogP contribution in [0.15, 0.2) is 39.5 Å². The number of furan rings is 1. The summed E-state index contributed by atoms with van der Waals surface area (Å²) in [5.74, 6) is -2.05. The summed E-state index contributed by atoms with van der Waals surface area (Å²) in [5.41, 5.74) is 0.797. The molecule has 0 bridgehead atoms. The molecule has 0 amide bonds. The minimum Gasteiger partial charge on any atom is -0.481 e. The smallest absolute Gasteiger partial charge is 0.326 e. The van der Waals surface area contributed by atoms with Crippen LogP contribution in [0.25, 0.3) is 22.3 Å².